The van der Waals surface area contributed by atoms with Crippen LogP contribution in [0.1, 0.15) is 37.7 Å². The van der Waals surface area contributed by atoms with Crippen LogP contribution in [0.3, 0.4) is 0 Å². The average Bonchev–Trinajstić information content (AvgIpc) is 2.69. The highest BCUT2D eigenvalue weighted by Crippen LogP contribution is 2.12. The number of amides is 1. The molecule has 0 radical (unpaired) electrons. The van der Waals surface area contributed by atoms with Gasteiger partial charge in [0.2, 0.25) is 0 Å². The van der Waals surface area contributed by atoms with Crippen LogP contribution in [0.5, 0.6) is 0 Å². The van der Waals surface area contributed by atoms with E-state index < -0.39 is 0 Å². The topological polar surface area (TPSA) is 80.3 Å². The van der Waals surface area contributed by atoms with Crippen LogP contribution in [0.15, 0.2) is 12.3 Å². The Morgan fingerprint density at radius 3 is 2.72 bits per heavy atom. The highest BCUT2D eigenvalue weighted by Gasteiger charge is 2.19. The molecule has 5 heteroatoms. The number of nitrogens with zero attached hydrogens (tertiary/aromatic N) is 1. The lowest BCUT2D eigenvalue weighted by molar-refractivity contribution is 0.0907. The van der Waals surface area contributed by atoms with Gasteiger partial charge in [0.1, 0.15) is 5.69 Å². The molecule has 5 nitrogen and oxygen atoms in total. The van der Waals surface area contributed by atoms with Crippen LogP contribution >= 0.6 is 0 Å². The summed E-state index contributed by atoms with van der Waals surface area (Å²) in [6, 6.07) is 1.65. The molecule has 0 saturated carbocycles. The Balaban J connectivity index is 2.79. The van der Waals surface area contributed by atoms with E-state index in [0.717, 1.165) is 0 Å². The van der Waals surface area contributed by atoms with E-state index >= 15 is 0 Å². The van der Waals surface area contributed by atoms with Crippen molar-refractivity contribution in [1.29, 1.82) is 0 Å². The van der Waals surface area contributed by atoms with Gasteiger partial charge in [-0.15, -0.1) is 0 Å². The maximum Gasteiger partial charge on any atom is 0.268 e. The molecular formula is C13H23N3O2. The molecule has 1 unspecified atom stereocenters. The number of hydrogen-bond donors (Lipinski definition) is 3. The van der Waals surface area contributed by atoms with Crippen molar-refractivity contribution in [3.8, 4) is 0 Å². The highest BCUT2D eigenvalue weighted by molar-refractivity contribution is 5.94. The SMILES string of the molecule is CCn1cc(N)cc1C(=O)NC(CCO)C(C)C. The summed E-state index contributed by atoms with van der Waals surface area (Å²) in [6.45, 7) is 6.78. The summed E-state index contributed by atoms with van der Waals surface area (Å²) in [4.78, 5) is 12.2. The van der Waals surface area contributed by atoms with E-state index in [-0.39, 0.29) is 24.5 Å². The molecule has 1 atom stereocenters. The van der Waals surface area contributed by atoms with E-state index in [0.29, 0.717) is 24.3 Å². The zero-order valence-corrected chi connectivity index (χ0v) is 11.3. The maximum absolute atomic E-state index is 12.2. The third-order valence-electron chi connectivity index (χ3n) is 3.05. The van der Waals surface area contributed by atoms with Crippen molar-refractivity contribution in [2.24, 2.45) is 5.92 Å². The first-order chi connectivity index (χ1) is 8.49. The van der Waals surface area contributed by atoms with Gasteiger partial charge < -0.3 is 20.7 Å². The van der Waals surface area contributed by atoms with Crippen molar-refractivity contribution in [2.45, 2.75) is 39.8 Å². The fraction of sp³-hybridized carbons (Fsp3) is 0.615. The molecular weight excluding hydrogens is 230 g/mol. The quantitative estimate of drug-likeness (QED) is 0.713. The molecule has 18 heavy (non-hydrogen) atoms. The van der Waals surface area contributed by atoms with E-state index in [1.165, 1.54) is 0 Å². The first kappa shape index (κ1) is 14.6. The van der Waals surface area contributed by atoms with Crippen LogP contribution in [-0.2, 0) is 6.54 Å². The number of nitrogens with one attached hydrogen (secondary N) is 1. The van der Waals surface area contributed by atoms with Gasteiger partial charge >= 0.3 is 0 Å². The third kappa shape index (κ3) is 3.50. The van der Waals surface area contributed by atoms with Gasteiger partial charge in [-0.2, -0.15) is 0 Å². The Labute approximate surface area is 108 Å². The summed E-state index contributed by atoms with van der Waals surface area (Å²) in [5.74, 6) is 0.143. The number of rotatable bonds is 6. The summed E-state index contributed by atoms with van der Waals surface area (Å²) in [7, 11) is 0. The summed E-state index contributed by atoms with van der Waals surface area (Å²) < 4.78 is 1.82. The molecule has 0 bridgehead atoms. The number of hydrogen-bond acceptors (Lipinski definition) is 3. The normalized spacial score (nSPS) is 12.7. The lowest BCUT2D eigenvalue weighted by atomic mass is 10.0. The summed E-state index contributed by atoms with van der Waals surface area (Å²) in [6.07, 6.45) is 2.32. The number of aliphatic hydroxyl groups excluding tert-OH is 1. The Bertz CT molecular complexity index is 399. The molecule has 4 N–H and O–H groups in total. The molecule has 1 amide bonds. The van der Waals surface area contributed by atoms with Crippen molar-refractivity contribution in [3.05, 3.63) is 18.0 Å². The van der Waals surface area contributed by atoms with Gasteiger partial charge in [-0.25, -0.2) is 0 Å². The standard InChI is InChI=1S/C13H23N3O2/c1-4-16-8-10(14)7-12(16)13(18)15-11(5-6-17)9(2)3/h7-9,11,17H,4-6,14H2,1-3H3,(H,15,18). The van der Waals surface area contributed by atoms with Gasteiger partial charge in [-0.1, -0.05) is 13.8 Å². The van der Waals surface area contributed by atoms with Crippen molar-refractivity contribution in [1.82, 2.24) is 9.88 Å². The lowest BCUT2D eigenvalue weighted by Gasteiger charge is -2.21. The van der Waals surface area contributed by atoms with Crippen LogP contribution in [0.4, 0.5) is 5.69 Å². The summed E-state index contributed by atoms with van der Waals surface area (Å²) in [5.41, 5.74) is 6.86. The molecule has 0 spiro atoms. The lowest BCUT2D eigenvalue weighted by Crippen LogP contribution is -2.39. The van der Waals surface area contributed by atoms with E-state index in [1.807, 2.05) is 25.3 Å². The third-order valence-corrected chi connectivity index (χ3v) is 3.05. The Morgan fingerprint density at radius 1 is 1.56 bits per heavy atom. The number of carbonyl (C=O) groups excluding carboxylic acids is 1. The van der Waals surface area contributed by atoms with Crippen LogP contribution in [-0.4, -0.2) is 28.2 Å². The van der Waals surface area contributed by atoms with Crippen molar-refractivity contribution >= 4 is 11.6 Å². The highest BCUT2D eigenvalue weighted by atomic mass is 16.3. The molecule has 102 valence electrons. The minimum absolute atomic E-state index is 0.0241. The maximum atomic E-state index is 12.2. The van der Waals surface area contributed by atoms with Crippen LogP contribution in [0.2, 0.25) is 0 Å². The molecule has 0 aliphatic carbocycles. The van der Waals surface area contributed by atoms with Crippen LogP contribution in [0, 0.1) is 5.92 Å². The predicted octanol–water partition coefficient (Wildman–Crippen LogP) is 1.23. The number of nitrogen functional groups attached to an aromatic ring is 1. The average molecular weight is 253 g/mol. The molecule has 0 aliphatic rings. The largest absolute Gasteiger partial charge is 0.397 e. The van der Waals surface area contributed by atoms with Crippen molar-refractivity contribution in [2.75, 3.05) is 12.3 Å². The molecule has 0 fully saturated rings. The fourth-order valence-electron chi connectivity index (χ4n) is 1.94. The Morgan fingerprint density at radius 2 is 2.22 bits per heavy atom. The fourth-order valence-corrected chi connectivity index (χ4v) is 1.94. The second-order valence-electron chi connectivity index (χ2n) is 4.78. The van der Waals surface area contributed by atoms with Crippen molar-refractivity contribution < 1.29 is 9.90 Å². The number of aromatic nitrogens is 1. The van der Waals surface area contributed by atoms with Gasteiger partial charge in [-0.3, -0.25) is 4.79 Å². The zero-order chi connectivity index (χ0) is 13.7. The van der Waals surface area contributed by atoms with Gasteiger partial charge in [-0.05, 0) is 25.3 Å². The molecule has 1 aromatic rings. The molecule has 0 saturated heterocycles. The molecule has 0 aromatic carbocycles. The minimum Gasteiger partial charge on any atom is -0.397 e. The van der Waals surface area contributed by atoms with Gasteiger partial charge in [0, 0.05) is 25.4 Å². The van der Waals surface area contributed by atoms with Gasteiger partial charge in [0.05, 0.1) is 5.69 Å². The van der Waals surface area contributed by atoms with E-state index in [2.05, 4.69) is 5.32 Å². The summed E-state index contributed by atoms with van der Waals surface area (Å²) in [5, 5.41) is 11.9. The van der Waals surface area contributed by atoms with E-state index in [9.17, 15) is 4.79 Å². The minimum atomic E-state index is -0.138. The smallest absolute Gasteiger partial charge is 0.268 e. The molecule has 1 heterocycles. The second kappa shape index (κ2) is 6.44. The first-order valence-corrected chi connectivity index (χ1v) is 6.37. The number of aliphatic hydroxyl groups is 1. The molecule has 1 rings (SSSR count). The van der Waals surface area contributed by atoms with E-state index in [1.54, 1.807) is 12.3 Å². The Kier molecular flexibility index (Phi) is 5.22. The van der Waals surface area contributed by atoms with Crippen molar-refractivity contribution in [3.63, 3.8) is 0 Å². The molecule has 0 aliphatic heterocycles. The Hall–Kier alpha value is -1.49. The number of carbonyl (C=O) groups is 1. The number of nitrogens with two attached hydrogens (primary N) is 1. The van der Waals surface area contributed by atoms with Crippen LogP contribution < -0.4 is 11.1 Å². The van der Waals surface area contributed by atoms with E-state index in [4.69, 9.17) is 10.8 Å². The number of anilines is 1. The number of aryl methyl sites for hydroxylation is 1. The van der Waals surface area contributed by atoms with Crippen LogP contribution in [0.25, 0.3) is 0 Å². The zero-order valence-electron chi connectivity index (χ0n) is 11.3. The van der Waals surface area contributed by atoms with Gasteiger partial charge in [0.25, 0.3) is 5.91 Å². The summed E-state index contributed by atoms with van der Waals surface area (Å²) >= 11 is 0. The monoisotopic (exact) mass is 253 g/mol. The predicted molar refractivity (Wildman–Crippen MR) is 72.3 cm³/mol. The first-order valence-electron chi connectivity index (χ1n) is 6.37. The molecule has 1 aromatic heterocycles. The second-order valence-corrected chi connectivity index (χ2v) is 4.78. The van der Waals surface area contributed by atoms with Gasteiger partial charge in [0.15, 0.2) is 0 Å².